The maximum atomic E-state index is 12.5. The third kappa shape index (κ3) is 5.39. The van der Waals surface area contributed by atoms with Crippen molar-refractivity contribution in [1.82, 2.24) is 30.2 Å². The van der Waals surface area contributed by atoms with Crippen LogP contribution in [0.5, 0.6) is 0 Å². The fourth-order valence-corrected chi connectivity index (χ4v) is 5.18. The molecule has 9 nitrogen and oxygen atoms in total. The molecule has 9 heteroatoms. The van der Waals surface area contributed by atoms with Crippen LogP contribution in [-0.4, -0.2) is 76.2 Å². The van der Waals surface area contributed by atoms with Crippen LogP contribution in [-0.2, 0) is 9.53 Å². The van der Waals surface area contributed by atoms with Crippen molar-refractivity contribution < 1.29 is 9.53 Å². The van der Waals surface area contributed by atoms with Crippen molar-refractivity contribution in [1.29, 1.82) is 0 Å². The van der Waals surface area contributed by atoms with Crippen molar-refractivity contribution in [3.05, 3.63) is 60.7 Å². The lowest BCUT2D eigenvalue weighted by atomic mass is 9.98. The number of aryl methyl sites for hydroxylation is 1. The number of aromatic amines is 1. The summed E-state index contributed by atoms with van der Waals surface area (Å²) in [6, 6.07) is 14.3. The molecule has 2 saturated heterocycles. The second-order valence-corrected chi connectivity index (χ2v) is 10.2. The average molecular weight is 512 g/mol. The smallest absolute Gasteiger partial charge is 0.310 e. The molecule has 0 saturated carbocycles. The van der Waals surface area contributed by atoms with Gasteiger partial charge in [0.2, 0.25) is 0 Å². The third-order valence-corrected chi connectivity index (χ3v) is 7.36. The summed E-state index contributed by atoms with van der Waals surface area (Å²) in [5.41, 5.74) is 6.54. The first kappa shape index (κ1) is 24.5. The second kappa shape index (κ2) is 10.9. The Bertz CT molecular complexity index is 1430. The van der Waals surface area contributed by atoms with E-state index < -0.39 is 0 Å². The molecule has 0 bridgehead atoms. The normalized spacial score (nSPS) is 18.3. The molecule has 2 aliphatic rings. The summed E-state index contributed by atoms with van der Waals surface area (Å²) in [5, 5.41) is 7.71. The Kier molecular flexibility index (Phi) is 7.02. The van der Waals surface area contributed by atoms with Crippen LogP contribution in [0.4, 0.5) is 5.69 Å². The van der Waals surface area contributed by atoms with Crippen LogP contribution in [0.1, 0.15) is 18.5 Å². The number of aromatic nitrogens is 4. The number of rotatable bonds is 8. The van der Waals surface area contributed by atoms with Gasteiger partial charge in [0.05, 0.1) is 46.7 Å². The van der Waals surface area contributed by atoms with Crippen LogP contribution in [0, 0.1) is 12.8 Å². The molecule has 0 spiro atoms. The lowest BCUT2D eigenvalue weighted by Gasteiger charge is -2.34. The van der Waals surface area contributed by atoms with Gasteiger partial charge in [-0.2, -0.15) is 0 Å². The van der Waals surface area contributed by atoms with E-state index in [1.165, 1.54) is 0 Å². The van der Waals surface area contributed by atoms with E-state index in [2.05, 4.69) is 53.7 Å². The highest BCUT2D eigenvalue weighted by molar-refractivity contribution is 5.88. The van der Waals surface area contributed by atoms with Crippen LogP contribution in [0.25, 0.3) is 33.5 Å². The second-order valence-electron chi connectivity index (χ2n) is 10.2. The molecule has 0 aliphatic carbocycles. The topological polar surface area (TPSA) is 108 Å². The summed E-state index contributed by atoms with van der Waals surface area (Å²) in [5.74, 6) is -0.0611. The van der Waals surface area contributed by atoms with E-state index >= 15 is 0 Å². The molecule has 1 aromatic carbocycles. The average Bonchev–Trinajstić information content (AvgIpc) is 3.41. The van der Waals surface area contributed by atoms with E-state index in [4.69, 9.17) is 4.74 Å². The molecular weight excluding hydrogens is 478 g/mol. The van der Waals surface area contributed by atoms with Gasteiger partial charge >= 0.3 is 5.97 Å². The zero-order valence-electron chi connectivity index (χ0n) is 21.6. The lowest BCUT2D eigenvalue weighted by molar-refractivity contribution is -0.158. The summed E-state index contributed by atoms with van der Waals surface area (Å²) in [4.78, 5) is 32.0. The van der Waals surface area contributed by atoms with Crippen molar-refractivity contribution in [2.24, 2.45) is 5.92 Å². The van der Waals surface area contributed by atoms with E-state index in [0.29, 0.717) is 0 Å². The van der Waals surface area contributed by atoms with Gasteiger partial charge in [-0.1, -0.05) is 12.1 Å². The molecule has 2 aliphatic heterocycles. The predicted octanol–water partition coefficient (Wildman–Crippen LogP) is 3.63. The van der Waals surface area contributed by atoms with Gasteiger partial charge in [-0.05, 0) is 56.6 Å². The number of fused-ring (bicyclic) bond motifs is 1. The number of piperidine rings is 1. The molecule has 1 atom stereocenters. The number of hydrogen-bond donors (Lipinski definition) is 3. The highest BCUT2D eigenvalue weighted by Gasteiger charge is 2.30. The number of nitrogens with one attached hydrogen (secondary N) is 3. The van der Waals surface area contributed by atoms with Gasteiger partial charge in [-0.25, -0.2) is 4.98 Å². The van der Waals surface area contributed by atoms with Crippen molar-refractivity contribution in [2.75, 3.05) is 44.6 Å². The number of nitrogens with zero attached hydrogens (tertiary/aromatic N) is 4. The van der Waals surface area contributed by atoms with Crippen LogP contribution in [0.15, 0.2) is 55.0 Å². The highest BCUT2D eigenvalue weighted by atomic mass is 16.5. The summed E-state index contributed by atoms with van der Waals surface area (Å²) in [6.07, 6.45) is 5.58. The van der Waals surface area contributed by atoms with Gasteiger partial charge in [-0.3, -0.25) is 14.8 Å². The van der Waals surface area contributed by atoms with Gasteiger partial charge in [0.1, 0.15) is 6.10 Å². The first-order valence-corrected chi connectivity index (χ1v) is 13.4. The van der Waals surface area contributed by atoms with Gasteiger partial charge in [0.25, 0.3) is 0 Å². The van der Waals surface area contributed by atoms with E-state index in [0.717, 1.165) is 97.0 Å². The SMILES string of the molecule is Cc1cccc(-c2[nH]cnc2-c2ccc3ncc(NCCN4CCC[C@@H](C(=O)OC5CNC5)C4)cc3c2)n1. The summed E-state index contributed by atoms with van der Waals surface area (Å²) >= 11 is 0. The predicted molar refractivity (Wildman–Crippen MR) is 148 cm³/mol. The van der Waals surface area contributed by atoms with Gasteiger partial charge in [-0.15, -0.1) is 0 Å². The summed E-state index contributed by atoms with van der Waals surface area (Å²) in [6.45, 7) is 6.97. The Morgan fingerprint density at radius 2 is 2.11 bits per heavy atom. The minimum Gasteiger partial charge on any atom is -0.459 e. The van der Waals surface area contributed by atoms with E-state index in [1.54, 1.807) is 6.33 Å². The highest BCUT2D eigenvalue weighted by Crippen LogP contribution is 2.30. The quantitative estimate of drug-likeness (QED) is 0.308. The number of anilines is 1. The van der Waals surface area contributed by atoms with Crippen molar-refractivity contribution >= 4 is 22.6 Å². The van der Waals surface area contributed by atoms with Crippen molar-refractivity contribution in [3.8, 4) is 22.6 Å². The molecule has 4 aromatic rings. The minimum absolute atomic E-state index is 0.0213. The Balaban J connectivity index is 1.10. The van der Waals surface area contributed by atoms with E-state index in [-0.39, 0.29) is 18.0 Å². The zero-order chi connectivity index (χ0) is 25.9. The van der Waals surface area contributed by atoms with Gasteiger partial charge in [0, 0.05) is 49.4 Å². The van der Waals surface area contributed by atoms with Crippen LogP contribution < -0.4 is 10.6 Å². The number of ether oxygens (including phenoxy) is 1. The standard InChI is InChI=1S/C29H33N7O2/c1-19-4-2-6-26(35-19)28-27(33-18-34-28)20-7-8-25-22(12-20)13-23(14-32-25)31-9-11-36-10-3-5-21(17-36)29(37)38-24-15-30-16-24/h2,4,6-8,12-14,18,21,24,30-31H,3,5,9-11,15-17H2,1H3,(H,33,34)/t21-/m1/s1. The maximum absolute atomic E-state index is 12.5. The number of carbonyl (C=O) groups excluding carboxylic acids is 1. The van der Waals surface area contributed by atoms with Gasteiger partial charge in [0.15, 0.2) is 0 Å². The molecule has 5 heterocycles. The lowest BCUT2D eigenvalue weighted by Crippen LogP contribution is -2.51. The van der Waals surface area contributed by atoms with Crippen LogP contribution in [0.2, 0.25) is 0 Å². The molecule has 0 amide bonds. The number of hydrogen-bond acceptors (Lipinski definition) is 8. The van der Waals surface area contributed by atoms with Crippen molar-refractivity contribution in [2.45, 2.75) is 25.9 Å². The first-order valence-electron chi connectivity index (χ1n) is 13.4. The molecule has 0 unspecified atom stereocenters. The first-order chi connectivity index (χ1) is 18.6. The summed E-state index contributed by atoms with van der Waals surface area (Å²) < 4.78 is 5.60. The number of imidazole rings is 1. The molecule has 3 aromatic heterocycles. The monoisotopic (exact) mass is 511 g/mol. The molecule has 6 rings (SSSR count). The Morgan fingerprint density at radius 1 is 1.18 bits per heavy atom. The van der Waals surface area contributed by atoms with Crippen LogP contribution >= 0.6 is 0 Å². The zero-order valence-corrected chi connectivity index (χ0v) is 21.6. The molecule has 3 N–H and O–H groups in total. The number of likely N-dealkylation sites (tertiary alicyclic amines) is 1. The maximum Gasteiger partial charge on any atom is 0.310 e. The number of pyridine rings is 2. The summed E-state index contributed by atoms with van der Waals surface area (Å²) in [7, 11) is 0. The largest absolute Gasteiger partial charge is 0.459 e. The minimum atomic E-state index is -0.0399. The molecule has 196 valence electrons. The Morgan fingerprint density at radius 3 is 2.95 bits per heavy atom. The fourth-order valence-electron chi connectivity index (χ4n) is 5.18. The van der Waals surface area contributed by atoms with Crippen molar-refractivity contribution in [3.63, 3.8) is 0 Å². The molecule has 2 fully saturated rings. The van der Waals surface area contributed by atoms with E-state index in [9.17, 15) is 4.79 Å². The van der Waals surface area contributed by atoms with Gasteiger partial charge < -0.3 is 25.3 Å². The Hall–Kier alpha value is -3.82. The molecule has 38 heavy (non-hydrogen) atoms. The third-order valence-electron chi connectivity index (χ3n) is 7.36. The van der Waals surface area contributed by atoms with E-state index in [1.807, 2.05) is 37.4 Å². The molecule has 0 radical (unpaired) electrons. The Labute approximate surface area is 222 Å². The fraction of sp³-hybridized carbons (Fsp3) is 0.379. The number of esters is 1. The number of benzene rings is 1. The number of carbonyl (C=O) groups is 1. The number of H-pyrrole nitrogens is 1. The molecular formula is C29H33N7O2. The van der Waals surface area contributed by atoms with Crippen LogP contribution in [0.3, 0.4) is 0 Å².